The number of halogens is 3. The van der Waals surface area contributed by atoms with Crippen LogP contribution in [0.3, 0.4) is 0 Å². The van der Waals surface area contributed by atoms with Crippen LogP contribution in [-0.4, -0.2) is 37.0 Å². The van der Waals surface area contributed by atoms with Crippen molar-refractivity contribution in [3.05, 3.63) is 72.9 Å². The third kappa shape index (κ3) is 8.58. The highest BCUT2D eigenvalue weighted by Crippen LogP contribution is 2.36. The van der Waals surface area contributed by atoms with Crippen LogP contribution in [0.1, 0.15) is 18.4 Å². The summed E-state index contributed by atoms with van der Waals surface area (Å²) in [5.74, 6) is -0.662. The van der Waals surface area contributed by atoms with Crippen LogP contribution in [0.25, 0.3) is 0 Å². The zero-order chi connectivity index (χ0) is 26.8. The number of nitrogens with one attached hydrogen (secondary N) is 3. The molecule has 0 aliphatic rings. The Hall–Kier alpha value is -3.97. The molecule has 0 fully saturated rings. The number of nitrogens with zero attached hydrogens (tertiary/aromatic N) is 2. The molecular weight excluding hydrogens is 511 g/mol. The Bertz CT molecular complexity index is 1270. The molecule has 196 valence electrons. The van der Waals surface area contributed by atoms with E-state index in [1.165, 1.54) is 12.1 Å². The number of rotatable bonds is 12. The first kappa shape index (κ1) is 27.6. The van der Waals surface area contributed by atoms with Crippen LogP contribution in [0.2, 0.25) is 0 Å². The fourth-order valence-electron chi connectivity index (χ4n) is 3.07. The van der Waals surface area contributed by atoms with Gasteiger partial charge in [-0.25, -0.2) is 4.98 Å². The molecule has 1 amide bonds. The van der Waals surface area contributed by atoms with Gasteiger partial charge in [0.15, 0.2) is 0 Å². The standard InChI is InChI=1S/C24H24F3N5O4S/c1-2-21(33)29-16-8-7-9-17(14-16)30-22-18(24(25,26)27)15-28-23(32-22)31-19-10-3-4-11-20(19)36-12-5-6-13-37(34)35/h2-4,7-11,14-15H,1,5-6,12-13H2,(H,29,33)(H,34,35)(H2,28,30,31,32)/p-1. The predicted octanol–water partition coefficient (Wildman–Crippen LogP) is 5.15. The lowest BCUT2D eigenvalue weighted by Crippen LogP contribution is -2.13. The van der Waals surface area contributed by atoms with Crippen molar-refractivity contribution >= 4 is 45.8 Å². The van der Waals surface area contributed by atoms with Crippen molar-refractivity contribution in [1.82, 2.24) is 9.97 Å². The molecular formula is C24H23F3N5O4S-. The number of unbranched alkanes of at least 4 members (excludes halogenated alkanes) is 1. The Morgan fingerprint density at radius 3 is 2.59 bits per heavy atom. The summed E-state index contributed by atoms with van der Waals surface area (Å²) in [6.45, 7) is 3.60. The van der Waals surface area contributed by atoms with Crippen molar-refractivity contribution in [1.29, 1.82) is 0 Å². The van der Waals surface area contributed by atoms with Gasteiger partial charge in [-0.1, -0.05) is 35.9 Å². The molecule has 3 N–H and O–H groups in total. The van der Waals surface area contributed by atoms with Crippen molar-refractivity contribution in [3.63, 3.8) is 0 Å². The van der Waals surface area contributed by atoms with Crippen LogP contribution in [0.4, 0.5) is 42.0 Å². The Morgan fingerprint density at radius 1 is 1.11 bits per heavy atom. The number of amides is 1. The van der Waals surface area contributed by atoms with E-state index >= 15 is 0 Å². The number of hydrogen-bond donors (Lipinski definition) is 3. The zero-order valence-electron chi connectivity index (χ0n) is 19.4. The van der Waals surface area contributed by atoms with E-state index in [2.05, 4.69) is 32.5 Å². The Morgan fingerprint density at radius 2 is 1.86 bits per heavy atom. The minimum atomic E-state index is -4.73. The van der Waals surface area contributed by atoms with Crippen LogP contribution in [0.15, 0.2) is 67.4 Å². The second-order valence-corrected chi connectivity index (χ2v) is 8.55. The van der Waals surface area contributed by atoms with Gasteiger partial charge in [0.05, 0.1) is 12.3 Å². The van der Waals surface area contributed by atoms with E-state index in [0.29, 0.717) is 36.2 Å². The molecule has 0 aliphatic heterocycles. The molecule has 3 rings (SSSR count). The molecule has 37 heavy (non-hydrogen) atoms. The number of carbonyl (C=O) groups excluding carboxylic acids is 1. The smallest absolute Gasteiger partial charge is 0.421 e. The quantitative estimate of drug-likeness (QED) is 0.165. The first-order valence-corrected chi connectivity index (χ1v) is 12.2. The summed E-state index contributed by atoms with van der Waals surface area (Å²) in [5, 5.41) is 8.03. The number of carbonyl (C=O) groups is 1. The van der Waals surface area contributed by atoms with E-state index in [1.807, 2.05) is 0 Å². The van der Waals surface area contributed by atoms with Gasteiger partial charge in [0.1, 0.15) is 17.1 Å². The SMILES string of the molecule is C=CC(=O)Nc1cccc(Nc2nc(Nc3ccccc3OCCCCS(=O)[O-])ncc2C(F)(F)F)c1. The summed E-state index contributed by atoms with van der Waals surface area (Å²) in [6.07, 6.45) is -2.07. The first-order valence-electron chi connectivity index (χ1n) is 10.9. The largest absolute Gasteiger partial charge is 0.772 e. The van der Waals surface area contributed by atoms with Gasteiger partial charge in [0, 0.05) is 23.3 Å². The highest BCUT2D eigenvalue weighted by Gasteiger charge is 2.35. The molecule has 3 aromatic rings. The van der Waals surface area contributed by atoms with Gasteiger partial charge in [-0.2, -0.15) is 18.2 Å². The maximum absolute atomic E-state index is 13.7. The lowest BCUT2D eigenvalue weighted by molar-refractivity contribution is -0.137. The lowest BCUT2D eigenvalue weighted by atomic mass is 10.2. The van der Waals surface area contributed by atoms with Gasteiger partial charge >= 0.3 is 6.18 Å². The third-order valence-electron chi connectivity index (χ3n) is 4.77. The molecule has 1 unspecified atom stereocenters. The summed E-state index contributed by atoms with van der Waals surface area (Å²) >= 11 is -2.12. The maximum Gasteiger partial charge on any atom is 0.421 e. The fraction of sp³-hybridized carbons (Fsp3) is 0.208. The van der Waals surface area contributed by atoms with Crippen molar-refractivity contribution in [2.75, 3.05) is 28.3 Å². The molecule has 0 aliphatic carbocycles. The second kappa shape index (κ2) is 12.8. The lowest BCUT2D eigenvalue weighted by Gasteiger charge is -2.16. The normalized spacial score (nSPS) is 11.9. The zero-order valence-corrected chi connectivity index (χ0v) is 20.2. The van der Waals surface area contributed by atoms with Crippen LogP contribution in [-0.2, 0) is 22.1 Å². The molecule has 0 radical (unpaired) electrons. The number of ether oxygens (including phenoxy) is 1. The van der Waals surface area contributed by atoms with E-state index in [9.17, 15) is 26.7 Å². The van der Waals surface area contributed by atoms with Crippen LogP contribution in [0, 0.1) is 0 Å². The average Bonchev–Trinajstić information content (AvgIpc) is 2.84. The molecule has 0 bridgehead atoms. The number of para-hydroxylation sites is 2. The summed E-state index contributed by atoms with van der Waals surface area (Å²) < 4.78 is 67.9. The van der Waals surface area contributed by atoms with E-state index < -0.39 is 34.5 Å². The van der Waals surface area contributed by atoms with Crippen molar-refractivity contribution in [3.8, 4) is 5.75 Å². The number of aromatic nitrogens is 2. The molecule has 2 aromatic carbocycles. The van der Waals surface area contributed by atoms with Gasteiger partial charge in [0.2, 0.25) is 11.9 Å². The number of alkyl halides is 3. The molecule has 0 spiro atoms. The summed E-state index contributed by atoms with van der Waals surface area (Å²) in [7, 11) is 0. The van der Waals surface area contributed by atoms with Gasteiger partial charge < -0.3 is 25.2 Å². The van der Waals surface area contributed by atoms with Crippen molar-refractivity contribution in [2.24, 2.45) is 0 Å². The highest BCUT2D eigenvalue weighted by atomic mass is 32.2. The van der Waals surface area contributed by atoms with Crippen LogP contribution >= 0.6 is 0 Å². The fourth-order valence-corrected chi connectivity index (χ4v) is 3.51. The van der Waals surface area contributed by atoms with Gasteiger partial charge in [-0.05, 0) is 49.2 Å². The highest BCUT2D eigenvalue weighted by molar-refractivity contribution is 7.79. The molecule has 1 atom stereocenters. The monoisotopic (exact) mass is 534 g/mol. The molecule has 0 saturated heterocycles. The molecule has 0 saturated carbocycles. The van der Waals surface area contributed by atoms with E-state index in [4.69, 9.17) is 4.74 Å². The molecule has 1 heterocycles. The topological polar surface area (TPSA) is 128 Å². The van der Waals surface area contributed by atoms with Gasteiger partial charge in [-0.15, -0.1) is 0 Å². The Balaban J connectivity index is 1.81. The first-order chi connectivity index (χ1) is 17.7. The third-order valence-corrected chi connectivity index (χ3v) is 5.39. The summed E-state index contributed by atoms with van der Waals surface area (Å²) in [4.78, 5) is 19.4. The van der Waals surface area contributed by atoms with Crippen molar-refractivity contribution < 1.29 is 31.5 Å². The number of anilines is 5. The second-order valence-electron chi connectivity index (χ2n) is 7.54. The van der Waals surface area contributed by atoms with Crippen molar-refractivity contribution in [2.45, 2.75) is 19.0 Å². The van der Waals surface area contributed by atoms with E-state index in [1.54, 1.807) is 36.4 Å². The predicted molar refractivity (Wildman–Crippen MR) is 134 cm³/mol. The van der Waals surface area contributed by atoms with E-state index in [0.717, 1.165) is 6.08 Å². The van der Waals surface area contributed by atoms with Crippen LogP contribution in [0.5, 0.6) is 5.75 Å². The minimum absolute atomic E-state index is 0.0297. The minimum Gasteiger partial charge on any atom is -0.772 e. The van der Waals surface area contributed by atoms with Gasteiger partial charge in [-0.3, -0.25) is 9.00 Å². The number of benzene rings is 2. The van der Waals surface area contributed by atoms with E-state index in [-0.39, 0.29) is 24.0 Å². The van der Waals surface area contributed by atoms with Gasteiger partial charge in [0.25, 0.3) is 0 Å². The Kier molecular flexibility index (Phi) is 9.57. The maximum atomic E-state index is 13.7. The molecule has 1 aromatic heterocycles. The summed E-state index contributed by atoms with van der Waals surface area (Å²) in [5.41, 5.74) is -0.0724. The number of hydrogen-bond acceptors (Lipinski definition) is 8. The molecule has 9 nitrogen and oxygen atoms in total. The summed E-state index contributed by atoms with van der Waals surface area (Å²) in [6, 6.07) is 12.8. The molecule has 13 heteroatoms. The van der Waals surface area contributed by atoms with Crippen LogP contribution < -0.4 is 20.7 Å². The average molecular weight is 535 g/mol. The Labute approximate surface area is 213 Å².